The molecule has 28 heavy (non-hydrogen) atoms. The lowest BCUT2D eigenvalue weighted by molar-refractivity contribution is -0.895. The van der Waals surface area contributed by atoms with Gasteiger partial charge in [-0.05, 0) is 42.5 Å². The first-order valence-electron chi connectivity index (χ1n) is 10.2. The standard InChI is InChI=1S/C20H30ClN3O3S/c1-15-4-3-5-19(16(15)2)22-20(25)14-23-10-12-24(13-11-23)28(26,27)18-8-6-17(21)7-9-18/h6-9,15-16,19H,3-5,10-14H2,1-2H3,(H,22,25)/p+1/t15-,16-,19+/m1/s1. The molecule has 0 radical (unpaired) electrons. The lowest BCUT2D eigenvalue weighted by Gasteiger charge is -2.35. The van der Waals surface area contributed by atoms with Crippen molar-refractivity contribution in [1.82, 2.24) is 9.62 Å². The minimum absolute atomic E-state index is 0.0787. The van der Waals surface area contributed by atoms with Crippen LogP contribution in [0.5, 0.6) is 0 Å². The van der Waals surface area contributed by atoms with Crippen LogP contribution in [0.4, 0.5) is 0 Å². The summed E-state index contributed by atoms with van der Waals surface area (Å²) in [5.74, 6) is 1.23. The van der Waals surface area contributed by atoms with Crippen LogP contribution in [0.3, 0.4) is 0 Å². The molecule has 1 aromatic carbocycles. The highest BCUT2D eigenvalue weighted by molar-refractivity contribution is 7.89. The predicted octanol–water partition coefficient (Wildman–Crippen LogP) is 1.17. The summed E-state index contributed by atoms with van der Waals surface area (Å²) in [4.78, 5) is 13.9. The van der Waals surface area contributed by atoms with Gasteiger partial charge >= 0.3 is 0 Å². The zero-order valence-electron chi connectivity index (χ0n) is 16.7. The van der Waals surface area contributed by atoms with Crippen LogP contribution in [0.2, 0.25) is 5.02 Å². The van der Waals surface area contributed by atoms with E-state index in [1.54, 1.807) is 12.1 Å². The van der Waals surface area contributed by atoms with E-state index in [9.17, 15) is 13.2 Å². The molecule has 1 saturated heterocycles. The number of carbonyl (C=O) groups is 1. The van der Waals surface area contributed by atoms with Crippen molar-refractivity contribution >= 4 is 27.5 Å². The van der Waals surface area contributed by atoms with Crippen LogP contribution in [0, 0.1) is 11.8 Å². The van der Waals surface area contributed by atoms with Gasteiger partial charge in [0.15, 0.2) is 6.54 Å². The second-order valence-corrected chi connectivity index (χ2v) is 10.6. The zero-order chi connectivity index (χ0) is 20.3. The molecule has 3 atom stereocenters. The van der Waals surface area contributed by atoms with E-state index in [-0.39, 0.29) is 16.8 Å². The number of hydrogen-bond acceptors (Lipinski definition) is 3. The lowest BCUT2D eigenvalue weighted by Crippen LogP contribution is -3.15. The van der Waals surface area contributed by atoms with Crippen molar-refractivity contribution in [3.05, 3.63) is 29.3 Å². The molecule has 8 heteroatoms. The van der Waals surface area contributed by atoms with Crippen molar-refractivity contribution in [3.63, 3.8) is 0 Å². The minimum atomic E-state index is -3.51. The molecule has 1 aliphatic carbocycles. The van der Waals surface area contributed by atoms with Gasteiger partial charge in [-0.25, -0.2) is 8.42 Å². The number of amides is 1. The van der Waals surface area contributed by atoms with Gasteiger partial charge in [-0.1, -0.05) is 38.3 Å². The summed E-state index contributed by atoms with van der Waals surface area (Å²) in [5, 5.41) is 3.73. The molecule has 1 aromatic rings. The Morgan fingerprint density at radius 1 is 1.18 bits per heavy atom. The van der Waals surface area contributed by atoms with Crippen molar-refractivity contribution in [2.75, 3.05) is 32.7 Å². The maximum atomic E-state index is 12.8. The number of carbonyl (C=O) groups excluding carboxylic acids is 1. The second-order valence-electron chi connectivity index (χ2n) is 8.23. The maximum Gasteiger partial charge on any atom is 0.275 e. The number of halogens is 1. The summed E-state index contributed by atoms with van der Waals surface area (Å²) in [5.41, 5.74) is 0. The molecule has 1 amide bonds. The number of nitrogens with zero attached hydrogens (tertiary/aromatic N) is 1. The van der Waals surface area contributed by atoms with Gasteiger partial charge in [0.1, 0.15) is 0 Å². The molecule has 1 heterocycles. The molecule has 0 spiro atoms. The van der Waals surface area contributed by atoms with E-state index < -0.39 is 10.0 Å². The number of piperazine rings is 1. The molecule has 0 aromatic heterocycles. The van der Waals surface area contributed by atoms with Crippen LogP contribution in [-0.2, 0) is 14.8 Å². The summed E-state index contributed by atoms with van der Waals surface area (Å²) < 4.78 is 27.0. The number of quaternary nitrogens is 1. The van der Waals surface area contributed by atoms with Gasteiger partial charge in [0.2, 0.25) is 10.0 Å². The highest BCUT2D eigenvalue weighted by Gasteiger charge is 2.32. The normalized spacial score (nSPS) is 27.5. The Morgan fingerprint density at radius 3 is 2.46 bits per heavy atom. The first-order chi connectivity index (χ1) is 13.3. The van der Waals surface area contributed by atoms with Crippen LogP contribution in [0.1, 0.15) is 33.1 Å². The number of rotatable bonds is 5. The third-order valence-electron chi connectivity index (χ3n) is 6.34. The molecular weight excluding hydrogens is 398 g/mol. The van der Waals surface area contributed by atoms with Gasteiger partial charge in [-0.15, -0.1) is 0 Å². The molecule has 156 valence electrons. The molecule has 0 bridgehead atoms. The molecule has 2 aliphatic rings. The monoisotopic (exact) mass is 428 g/mol. The number of benzene rings is 1. The topological polar surface area (TPSA) is 70.9 Å². The Labute approximate surface area is 173 Å². The molecule has 1 aliphatic heterocycles. The largest absolute Gasteiger partial charge is 0.348 e. The van der Waals surface area contributed by atoms with Crippen molar-refractivity contribution in [2.24, 2.45) is 11.8 Å². The van der Waals surface area contributed by atoms with E-state index in [1.165, 1.54) is 29.3 Å². The molecule has 2 fully saturated rings. The molecule has 3 rings (SSSR count). The van der Waals surface area contributed by atoms with Gasteiger partial charge in [0, 0.05) is 11.1 Å². The lowest BCUT2D eigenvalue weighted by atomic mass is 9.78. The van der Waals surface area contributed by atoms with Crippen LogP contribution >= 0.6 is 11.6 Å². The van der Waals surface area contributed by atoms with E-state index in [4.69, 9.17) is 11.6 Å². The zero-order valence-corrected chi connectivity index (χ0v) is 18.2. The Kier molecular flexibility index (Phi) is 7.02. The Morgan fingerprint density at radius 2 is 1.82 bits per heavy atom. The molecule has 1 saturated carbocycles. The average molecular weight is 429 g/mol. The summed E-state index contributed by atoms with van der Waals surface area (Å²) >= 11 is 5.85. The predicted molar refractivity (Wildman–Crippen MR) is 110 cm³/mol. The quantitative estimate of drug-likeness (QED) is 0.739. The SMILES string of the molecule is C[C@@H]1[C@H](C)CCC[C@@H]1NC(=O)C[NH+]1CCN(S(=O)(=O)c2ccc(Cl)cc2)CC1. The summed E-state index contributed by atoms with van der Waals surface area (Å²) in [6, 6.07) is 6.52. The fourth-order valence-electron chi connectivity index (χ4n) is 4.25. The second kappa shape index (κ2) is 9.11. The number of sulfonamides is 1. The number of hydrogen-bond donors (Lipinski definition) is 2. The third kappa shape index (κ3) is 5.06. The van der Waals surface area contributed by atoms with Crippen LogP contribution in [0.15, 0.2) is 29.2 Å². The average Bonchev–Trinajstić information content (AvgIpc) is 2.66. The molecule has 2 N–H and O–H groups in total. The summed E-state index contributed by atoms with van der Waals surface area (Å²) in [6.45, 7) is 7.01. The van der Waals surface area contributed by atoms with E-state index in [0.29, 0.717) is 49.6 Å². The Hall–Kier alpha value is -1.15. The first-order valence-corrected chi connectivity index (χ1v) is 12.0. The number of nitrogens with one attached hydrogen (secondary N) is 2. The van der Waals surface area contributed by atoms with E-state index in [2.05, 4.69) is 19.2 Å². The van der Waals surface area contributed by atoms with Crippen LogP contribution in [0.25, 0.3) is 0 Å². The molecular formula is C20H31ClN3O3S+. The van der Waals surface area contributed by atoms with Crippen molar-refractivity contribution < 1.29 is 18.1 Å². The van der Waals surface area contributed by atoms with Crippen molar-refractivity contribution in [1.29, 1.82) is 0 Å². The van der Waals surface area contributed by atoms with Gasteiger partial charge in [-0.2, -0.15) is 4.31 Å². The van der Waals surface area contributed by atoms with Crippen LogP contribution < -0.4 is 10.2 Å². The van der Waals surface area contributed by atoms with Crippen LogP contribution in [-0.4, -0.2) is 57.4 Å². The highest BCUT2D eigenvalue weighted by Crippen LogP contribution is 2.29. The van der Waals surface area contributed by atoms with Gasteiger partial charge in [0.25, 0.3) is 5.91 Å². The van der Waals surface area contributed by atoms with Gasteiger partial charge in [-0.3, -0.25) is 4.79 Å². The smallest absolute Gasteiger partial charge is 0.275 e. The molecule has 6 nitrogen and oxygen atoms in total. The fraction of sp³-hybridized carbons (Fsp3) is 0.650. The third-order valence-corrected chi connectivity index (χ3v) is 8.51. The van der Waals surface area contributed by atoms with Gasteiger partial charge in [0.05, 0.1) is 31.1 Å². The highest BCUT2D eigenvalue weighted by atomic mass is 35.5. The summed E-state index contributed by atoms with van der Waals surface area (Å²) in [6.07, 6.45) is 3.47. The van der Waals surface area contributed by atoms with Gasteiger partial charge < -0.3 is 10.2 Å². The fourth-order valence-corrected chi connectivity index (χ4v) is 5.81. The van der Waals surface area contributed by atoms with Crippen molar-refractivity contribution in [3.8, 4) is 0 Å². The maximum absolute atomic E-state index is 12.8. The summed E-state index contributed by atoms with van der Waals surface area (Å²) in [7, 11) is -3.51. The van der Waals surface area contributed by atoms with E-state index in [0.717, 1.165) is 11.3 Å². The molecule has 0 unspecified atom stereocenters. The minimum Gasteiger partial charge on any atom is -0.348 e. The Bertz CT molecular complexity index is 776. The van der Waals surface area contributed by atoms with Crippen molar-refractivity contribution in [2.45, 2.75) is 44.0 Å². The first kappa shape index (κ1) is 21.6. The Balaban J connectivity index is 1.50. The van der Waals surface area contributed by atoms with E-state index >= 15 is 0 Å². The van der Waals surface area contributed by atoms with E-state index in [1.807, 2.05) is 0 Å².